The minimum absolute atomic E-state index is 0.113. The third-order valence-electron chi connectivity index (χ3n) is 6.15. The van der Waals surface area contributed by atoms with Crippen molar-refractivity contribution >= 4 is 23.5 Å². The van der Waals surface area contributed by atoms with Gasteiger partial charge in [0.05, 0.1) is 23.1 Å². The number of fused-ring (bicyclic) bond motifs is 1. The van der Waals surface area contributed by atoms with E-state index in [-0.39, 0.29) is 23.7 Å². The Morgan fingerprint density at radius 3 is 2.21 bits per heavy atom. The van der Waals surface area contributed by atoms with E-state index in [1.807, 2.05) is 32.0 Å². The van der Waals surface area contributed by atoms with E-state index in [9.17, 15) is 14.4 Å². The number of ether oxygens (including phenoxy) is 1. The van der Waals surface area contributed by atoms with Crippen molar-refractivity contribution in [1.29, 1.82) is 0 Å². The van der Waals surface area contributed by atoms with Gasteiger partial charge in [0.15, 0.2) is 0 Å². The lowest BCUT2D eigenvalue weighted by Gasteiger charge is -2.25. The number of carbonyl (C=O) groups excluding carboxylic acids is 3. The Kier molecular flexibility index (Phi) is 4.99. The first-order chi connectivity index (χ1) is 13.9. The van der Waals surface area contributed by atoms with Crippen LogP contribution in [0.25, 0.3) is 0 Å². The van der Waals surface area contributed by atoms with Gasteiger partial charge >= 0.3 is 5.97 Å². The fourth-order valence-corrected chi connectivity index (χ4v) is 4.50. The lowest BCUT2D eigenvalue weighted by Crippen LogP contribution is -2.30. The first-order valence-electron chi connectivity index (χ1n) is 10.1. The van der Waals surface area contributed by atoms with Gasteiger partial charge in [-0.2, -0.15) is 0 Å². The van der Waals surface area contributed by atoms with Gasteiger partial charge < -0.3 is 4.74 Å². The highest BCUT2D eigenvalue weighted by atomic mass is 16.5. The largest absolute Gasteiger partial charge is 0.422 e. The minimum atomic E-state index is -0.462. The summed E-state index contributed by atoms with van der Waals surface area (Å²) in [6.45, 7) is 5.92. The van der Waals surface area contributed by atoms with Crippen molar-refractivity contribution in [1.82, 2.24) is 0 Å². The molecule has 29 heavy (non-hydrogen) atoms. The molecule has 2 amide bonds. The maximum Gasteiger partial charge on any atom is 0.343 e. The molecule has 1 aliphatic carbocycles. The van der Waals surface area contributed by atoms with Crippen LogP contribution in [-0.4, -0.2) is 17.8 Å². The van der Waals surface area contributed by atoms with E-state index in [1.165, 1.54) is 4.90 Å². The molecule has 0 unspecified atom stereocenters. The SMILES string of the molecule is Cc1cccc(C)c1OC(=O)c1ccc(N2C(=O)[C@H]3CC[C@@H](C)C[C@@H]3C2=O)cc1. The predicted molar refractivity (Wildman–Crippen MR) is 110 cm³/mol. The lowest BCUT2D eigenvalue weighted by molar-refractivity contribution is -0.122. The molecule has 4 rings (SSSR count). The molecule has 0 radical (unpaired) electrons. The Bertz CT molecular complexity index is 959. The van der Waals surface area contributed by atoms with E-state index in [1.54, 1.807) is 24.3 Å². The molecule has 5 heteroatoms. The summed E-state index contributed by atoms with van der Waals surface area (Å²) in [5, 5.41) is 0. The number of esters is 1. The number of rotatable bonds is 3. The number of carbonyl (C=O) groups is 3. The fraction of sp³-hybridized carbons (Fsp3) is 0.375. The second kappa shape index (κ2) is 7.47. The van der Waals surface area contributed by atoms with Crippen LogP contribution in [0.2, 0.25) is 0 Å². The van der Waals surface area contributed by atoms with Gasteiger partial charge in [-0.3, -0.25) is 14.5 Å². The summed E-state index contributed by atoms with van der Waals surface area (Å²) in [5.41, 5.74) is 2.67. The number of para-hydroxylation sites is 1. The summed E-state index contributed by atoms with van der Waals surface area (Å²) in [7, 11) is 0. The van der Waals surface area contributed by atoms with Gasteiger partial charge in [-0.05, 0) is 74.4 Å². The summed E-state index contributed by atoms with van der Waals surface area (Å²) in [4.78, 5) is 39.5. The summed E-state index contributed by atoms with van der Waals surface area (Å²) in [6.07, 6.45) is 2.52. The van der Waals surface area contributed by atoms with Gasteiger partial charge in [0.25, 0.3) is 0 Å². The third kappa shape index (κ3) is 3.46. The van der Waals surface area contributed by atoms with E-state index in [4.69, 9.17) is 4.74 Å². The number of hydrogen-bond acceptors (Lipinski definition) is 4. The van der Waals surface area contributed by atoms with Gasteiger partial charge in [0.1, 0.15) is 5.75 Å². The van der Waals surface area contributed by atoms with Gasteiger partial charge in [0, 0.05) is 0 Å². The zero-order valence-electron chi connectivity index (χ0n) is 17.0. The Balaban J connectivity index is 1.53. The summed E-state index contributed by atoms with van der Waals surface area (Å²) < 4.78 is 5.57. The van der Waals surface area contributed by atoms with Crippen molar-refractivity contribution in [3.63, 3.8) is 0 Å². The van der Waals surface area contributed by atoms with Crippen LogP contribution in [0.1, 0.15) is 47.7 Å². The lowest BCUT2D eigenvalue weighted by atomic mass is 9.76. The van der Waals surface area contributed by atoms with Crippen LogP contribution in [0.3, 0.4) is 0 Å². The normalized spacial score (nSPS) is 23.8. The molecule has 5 nitrogen and oxygen atoms in total. The van der Waals surface area contributed by atoms with Crippen LogP contribution in [0, 0.1) is 31.6 Å². The molecule has 2 fully saturated rings. The highest BCUT2D eigenvalue weighted by Gasteiger charge is 2.49. The standard InChI is InChI=1S/C24H25NO4/c1-14-7-12-19-20(13-14)23(27)25(22(19)26)18-10-8-17(9-11-18)24(28)29-21-15(2)5-4-6-16(21)3/h4-6,8-11,14,19-20H,7,12-13H2,1-3H3/t14-,19+,20+/m1/s1. The van der Waals surface area contributed by atoms with Gasteiger partial charge in [-0.15, -0.1) is 0 Å². The monoisotopic (exact) mass is 391 g/mol. The number of imide groups is 1. The molecule has 0 bridgehead atoms. The first kappa shape index (κ1) is 19.4. The molecule has 1 saturated heterocycles. The zero-order valence-corrected chi connectivity index (χ0v) is 17.0. The molecule has 1 saturated carbocycles. The quantitative estimate of drug-likeness (QED) is 0.441. The third-order valence-corrected chi connectivity index (χ3v) is 6.15. The van der Waals surface area contributed by atoms with Crippen LogP contribution >= 0.6 is 0 Å². The van der Waals surface area contributed by atoms with E-state index in [0.717, 1.165) is 30.4 Å². The molecule has 0 spiro atoms. The molecular formula is C24H25NO4. The molecule has 3 atom stereocenters. The van der Waals surface area contributed by atoms with Crippen LogP contribution < -0.4 is 9.64 Å². The molecule has 1 aliphatic heterocycles. The number of amides is 2. The number of benzene rings is 2. The van der Waals surface area contributed by atoms with Crippen molar-refractivity contribution in [2.24, 2.45) is 17.8 Å². The molecular weight excluding hydrogens is 366 g/mol. The van der Waals surface area contributed by atoms with Crippen molar-refractivity contribution in [2.45, 2.75) is 40.0 Å². The summed E-state index contributed by atoms with van der Waals surface area (Å²) >= 11 is 0. The van der Waals surface area contributed by atoms with Crippen LogP contribution in [0.15, 0.2) is 42.5 Å². The maximum absolute atomic E-state index is 12.8. The van der Waals surface area contributed by atoms with Crippen molar-refractivity contribution in [3.05, 3.63) is 59.2 Å². The molecule has 2 aromatic carbocycles. The van der Waals surface area contributed by atoms with Crippen LogP contribution in [0.5, 0.6) is 5.75 Å². The van der Waals surface area contributed by atoms with Gasteiger partial charge in [-0.1, -0.05) is 25.1 Å². The second-order valence-electron chi connectivity index (χ2n) is 8.30. The van der Waals surface area contributed by atoms with Crippen LogP contribution in [0.4, 0.5) is 5.69 Å². The highest BCUT2D eigenvalue weighted by Crippen LogP contribution is 2.42. The second-order valence-corrected chi connectivity index (χ2v) is 8.30. The maximum atomic E-state index is 12.8. The van der Waals surface area contributed by atoms with Crippen molar-refractivity contribution in [3.8, 4) is 5.75 Å². The predicted octanol–water partition coefficient (Wildman–Crippen LogP) is 4.45. The number of nitrogens with zero attached hydrogens (tertiary/aromatic N) is 1. The average Bonchev–Trinajstić information content (AvgIpc) is 2.94. The zero-order chi connectivity index (χ0) is 20.7. The Hall–Kier alpha value is -2.95. The molecule has 2 aromatic rings. The number of hydrogen-bond donors (Lipinski definition) is 0. The molecule has 0 aromatic heterocycles. The van der Waals surface area contributed by atoms with Crippen molar-refractivity contribution in [2.75, 3.05) is 4.90 Å². The smallest absolute Gasteiger partial charge is 0.343 e. The van der Waals surface area contributed by atoms with Crippen LogP contribution in [-0.2, 0) is 9.59 Å². The van der Waals surface area contributed by atoms with E-state index >= 15 is 0 Å². The number of anilines is 1. The molecule has 150 valence electrons. The number of aryl methyl sites for hydroxylation is 2. The Morgan fingerprint density at radius 1 is 0.931 bits per heavy atom. The average molecular weight is 391 g/mol. The topological polar surface area (TPSA) is 63.7 Å². The van der Waals surface area contributed by atoms with E-state index < -0.39 is 5.97 Å². The van der Waals surface area contributed by atoms with Gasteiger partial charge in [0.2, 0.25) is 11.8 Å². The minimum Gasteiger partial charge on any atom is -0.422 e. The van der Waals surface area contributed by atoms with E-state index in [0.29, 0.717) is 22.9 Å². The Morgan fingerprint density at radius 2 is 1.55 bits per heavy atom. The Labute approximate surface area is 170 Å². The first-order valence-corrected chi connectivity index (χ1v) is 10.1. The molecule has 1 heterocycles. The fourth-order valence-electron chi connectivity index (χ4n) is 4.50. The van der Waals surface area contributed by atoms with E-state index in [2.05, 4.69) is 6.92 Å². The summed E-state index contributed by atoms with van der Waals surface area (Å²) in [5.74, 6) is -0.0716. The highest BCUT2D eigenvalue weighted by molar-refractivity contribution is 6.22. The molecule has 2 aliphatic rings. The van der Waals surface area contributed by atoms with Gasteiger partial charge in [-0.25, -0.2) is 4.79 Å². The molecule has 0 N–H and O–H groups in total. The summed E-state index contributed by atoms with van der Waals surface area (Å²) in [6, 6.07) is 12.2. The van der Waals surface area contributed by atoms with Crippen molar-refractivity contribution < 1.29 is 19.1 Å².